The molecule has 1 heterocycles. The molecular formula is C82H153NO10. The molecule has 1 aliphatic heterocycles. The summed E-state index contributed by atoms with van der Waals surface area (Å²) in [4.78, 5) is 25.1. The lowest BCUT2D eigenvalue weighted by molar-refractivity contribution is -0.302. The number of allylic oxidation sites excluding steroid dienone is 7. The average Bonchev–Trinajstić information content (AvgIpc) is 0.887. The molecule has 1 fully saturated rings. The SMILES string of the molecule is CC/C=C/CC/C=C/CC/C=C/C(O)C(COC1OC(CO)C(O)C(O)C1O)NC(=O)CCCCCCCCCCCCCCCCCCC/C=C\CCCCCCCCCCCCCCCCCCCCOC(=O)CCCCCCCCCCCCCCCCCC. The van der Waals surface area contributed by atoms with Crippen LogP contribution in [0.25, 0.3) is 0 Å². The fourth-order valence-electron chi connectivity index (χ4n) is 12.9. The Morgan fingerprint density at radius 3 is 1.12 bits per heavy atom. The molecule has 7 atom stereocenters. The normalized spacial score (nSPS) is 17.7. The Balaban J connectivity index is 1.85. The summed E-state index contributed by atoms with van der Waals surface area (Å²) in [6.45, 7) is 4.25. The molecule has 0 radical (unpaired) electrons. The first-order valence-corrected chi connectivity index (χ1v) is 40.4. The quantitative estimate of drug-likeness (QED) is 0.0195. The lowest BCUT2D eigenvalue weighted by Gasteiger charge is -2.40. The highest BCUT2D eigenvalue weighted by Gasteiger charge is 2.44. The molecule has 6 N–H and O–H groups in total. The minimum absolute atomic E-state index is 0.0205. The van der Waals surface area contributed by atoms with Crippen molar-refractivity contribution in [1.82, 2.24) is 5.32 Å². The number of rotatable bonds is 72. The van der Waals surface area contributed by atoms with Gasteiger partial charge < -0.3 is 45.1 Å². The van der Waals surface area contributed by atoms with Crippen LogP contribution >= 0.6 is 0 Å². The van der Waals surface area contributed by atoms with Gasteiger partial charge in [0.15, 0.2) is 6.29 Å². The molecule has 11 nitrogen and oxygen atoms in total. The number of aliphatic hydroxyl groups is 5. The zero-order valence-electron chi connectivity index (χ0n) is 61.0. The highest BCUT2D eigenvalue weighted by atomic mass is 16.7. The number of carbonyl (C=O) groups excluding carboxylic acids is 2. The van der Waals surface area contributed by atoms with Crippen molar-refractivity contribution in [2.24, 2.45) is 0 Å². The van der Waals surface area contributed by atoms with Crippen LogP contribution in [-0.4, -0.2) is 100 Å². The van der Waals surface area contributed by atoms with Gasteiger partial charge in [-0.1, -0.05) is 358 Å². The fourth-order valence-corrected chi connectivity index (χ4v) is 12.9. The molecule has 0 saturated carbocycles. The number of hydrogen-bond acceptors (Lipinski definition) is 10. The Labute approximate surface area is 574 Å². The Morgan fingerprint density at radius 1 is 0.398 bits per heavy atom. The van der Waals surface area contributed by atoms with Gasteiger partial charge in [-0.2, -0.15) is 0 Å². The fraction of sp³-hybridized carbons (Fsp3) is 0.878. The molecule has 1 saturated heterocycles. The summed E-state index contributed by atoms with van der Waals surface area (Å²) in [7, 11) is 0. The van der Waals surface area contributed by atoms with E-state index in [0.717, 1.165) is 64.2 Å². The Kier molecular flexibility index (Phi) is 67.6. The molecule has 546 valence electrons. The maximum atomic E-state index is 13.0. The zero-order chi connectivity index (χ0) is 67.2. The molecule has 0 aromatic carbocycles. The summed E-state index contributed by atoms with van der Waals surface area (Å²) >= 11 is 0. The van der Waals surface area contributed by atoms with Gasteiger partial charge >= 0.3 is 5.97 Å². The second kappa shape index (κ2) is 70.9. The first kappa shape index (κ1) is 88.6. The average molecular weight is 1310 g/mol. The van der Waals surface area contributed by atoms with Gasteiger partial charge in [-0.25, -0.2) is 0 Å². The molecule has 0 bridgehead atoms. The van der Waals surface area contributed by atoms with Crippen LogP contribution in [0.4, 0.5) is 0 Å². The van der Waals surface area contributed by atoms with Crippen molar-refractivity contribution in [2.75, 3.05) is 19.8 Å². The maximum Gasteiger partial charge on any atom is 0.305 e. The maximum absolute atomic E-state index is 13.0. The van der Waals surface area contributed by atoms with Gasteiger partial charge in [-0.3, -0.25) is 9.59 Å². The number of hydrogen-bond donors (Lipinski definition) is 6. The molecule has 1 rings (SSSR count). The summed E-state index contributed by atoms with van der Waals surface area (Å²) in [6.07, 6.45) is 84.7. The first-order valence-electron chi connectivity index (χ1n) is 40.4. The second-order valence-corrected chi connectivity index (χ2v) is 28.1. The number of esters is 1. The Hall–Kier alpha value is -2.38. The summed E-state index contributed by atoms with van der Waals surface area (Å²) in [5.74, 6) is -0.173. The van der Waals surface area contributed by atoms with Gasteiger partial charge in [0.2, 0.25) is 5.91 Å². The lowest BCUT2D eigenvalue weighted by Crippen LogP contribution is -2.60. The van der Waals surface area contributed by atoms with Crippen molar-refractivity contribution in [2.45, 2.75) is 442 Å². The summed E-state index contributed by atoms with van der Waals surface area (Å²) in [5, 5.41) is 54.3. The second-order valence-electron chi connectivity index (χ2n) is 28.1. The van der Waals surface area contributed by atoms with Gasteiger partial charge in [0.25, 0.3) is 0 Å². The molecular weight excluding hydrogens is 1160 g/mol. The van der Waals surface area contributed by atoms with E-state index in [1.54, 1.807) is 6.08 Å². The molecule has 1 aliphatic rings. The van der Waals surface area contributed by atoms with Crippen LogP contribution in [0.3, 0.4) is 0 Å². The highest BCUT2D eigenvalue weighted by molar-refractivity contribution is 5.76. The number of unbranched alkanes of at least 4 members (excludes halogenated alkanes) is 52. The number of nitrogens with one attached hydrogen (secondary N) is 1. The number of carbonyl (C=O) groups is 2. The minimum atomic E-state index is -1.58. The van der Waals surface area contributed by atoms with Crippen LogP contribution < -0.4 is 5.32 Å². The van der Waals surface area contributed by atoms with Crippen LogP contribution in [0, 0.1) is 0 Å². The third-order valence-corrected chi connectivity index (χ3v) is 19.2. The van der Waals surface area contributed by atoms with E-state index >= 15 is 0 Å². The molecule has 0 aromatic heterocycles. The highest BCUT2D eigenvalue weighted by Crippen LogP contribution is 2.24. The zero-order valence-corrected chi connectivity index (χ0v) is 61.0. The molecule has 7 unspecified atom stereocenters. The predicted molar refractivity (Wildman–Crippen MR) is 394 cm³/mol. The van der Waals surface area contributed by atoms with Crippen molar-refractivity contribution < 1.29 is 49.3 Å². The van der Waals surface area contributed by atoms with Crippen molar-refractivity contribution in [3.63, 3.8) is 0 Å². The minimum Gasteiger partial charge on any atom is -0.466 e. The number of aliphatic hydroxyl groups excluding tert-OH is 5. The van der Waals surface area contributed by atoms with E-state index in [-0.39, 0.29) is 18.5 Å². The van der Waals surface area contributed by atoms with E-state index in [4.69, 9.17) is 14.2 Å². The van der Waals surface area contributed by atoms with Gasteiger partial charge in [-0.05, 0) is 77.0 Å². The molecule has 0 spiro atoms. The van der Waals surface area contributed by atoms with Gasteiger partial charge in [0.05, 0.1) is 32.0 Å². The van der Waals surface area contributed by atoms with E-state index in [1.807, 2.05) is 6.08 Å². The molecule has 1 amide bonds. The van der Waals surface area contributed by atoms with E-state index < -0.39 is 49.5 Å². The van der Waals surface area contributed by atoms with Crippen molar-refractivity contribution in [3.8, 4) is 0 Å². The predicted octanol–water partition coefficient (Wildman–Crippen LogP) is 21.9. The van der Waals surface area contributed by atoms with E-state index in [2.05, 4.69) is 55.6 Å². The Morgan fingerprint density at radius 2 is 0.731 bits per heavy atom. The standard InChI is InChI=1S/C82H153NO10/c1-3-5-7-9-11-13-15-16-17-44-47-50-54-58-62-66-70-78(87)91-71-67-63-59-55-51-48-45-42-40-38-36-34-32-30-28-26-24-22-20-18-19-21-23-25-27-29-31-33-35-37-39-41-43-46-49-53-57-61-65-69-77(86)83-74(73-92-82-81(90)80(89)79(88)76(72-84)93-82)75(85)68-64-60-56-52-14-12-10-8-6-4-2/h6,8,14,18-19,52,64,68,74-76,79-82,84-85,88-90H,3-5,7,9-13,15-17,20-51,53-63,65-67,69-73H2,1-2H3,(H,83,86)/b8-6+,19-18-,52-14+,68-64+. The topological polar surface area (TPSA) is 175 Å². The van der Waals surface area contributed by atoms with Crippen LogP contribution in [0.5, 0.6) is 0 Å². The number of ether oxygens (including phenoxy) is 3. The summed E-state index contributed by atoms with van der Waals surface area (Å²) in [6, 6.07) is -0.831. The third-order valence-electron chi connectivity index (χ3n) is 19.2. The lowest BCUT2D eigenvalue weighted by atomic mass is 9.99. The van der Waals surface area contributed by atoms with Crippen molar-refractivity contribution >= 4 is 11.9 Å². The van der Waals surface area contributed by atoms with Crippen molar-refractivity contribution in [3.05, 3.63) is 48.6 Å². The van der Waals surface area contributed by atoms with E-state index in [1.165, 1.54) is 308 Å². The molecule has 11 heteroatoms. The van der Waals surface area contributed by atoms with Gasteiger partial charge in [0.1, 0.15) is 24.4 Å². The van der Waals surface area contributed by atoms with E-state index in [9.17, 15) is 35.1 Å². The Bertz CT molecular complexity index is 1690. The van der Waals surface area contributed by atoms with Gasteiger partial charge in [-0.15, -0.1) is 0 Å². The summed E-state index contributed by atoms with van der Waals surface area (Å²) < 4.78 is 16.7. The third kappa shape index (κ3) is 59.4. The largest absolute Gasteiger partial charge is 0.466 e. The molecule has 0 aromatic rings. The monoisotopic (exact) mass is 1310 g/mol. The van der Waals surface area contributed by atoms with Crippen LogP contribution in [0.1, 0.15) is 399 Å². The van der Waals surface area contributed by atoms with Crippen LogP contribution in [0.15, 0.2) is 48.6 Å². The smallest absolute Gasteiger partial charge is 0.305 e. The number of amides is 1. The van der Waals surface area contributed by atoms with Gasteiger partial charge in [0, 0.05) is 12.8 Å². The first-order chi connectivity index (χ1) is 45.7. The van der Waals surface area contributed by atoms with Crippen LogP contribution in [0.2, 0.25) is 0 Å². The van der Waals surface area contributed by atoms with E-state index in [0.29, 0.717) is 19.4 Å². The van der Waals surface area contributed by atoms with Crippen LogP contribution in [-0.2, 0) is 23.8 Å². The summed E-state index contributed by atoms with van der Waals surface area (Å²) in [5.41, 5.74) is 0. The molecule has 93 heavy (non-hydrogen) atoms. The van der Waals surface area contributed by atoms with Crippen molar-refractivity contribution in [1.29, 1.82) is 0 Å². The molecule has 0 aliphatic carbocycles.